The molecule has 1 unspecified atom stereocenters. The highest BCUT2D eigenvalue weighted by Gasteiger charge is 2.14. The van der Waals surface area contributed by atoms with Gasteiger partial charge in [-0.2, -0.15) is 0 Å². The summed E-state index contributed by atoms with van der Waals surface area (Å²) in [5.41, 5.74) is 6.21. The van der Waals surface area contributed by atoms with Crippen LogP contribution in [0.3, 0.4) is 0 Å². The van der Waals surface area contributed by atoms with E-state index in [4.69, 9.17) is 10.5 Å². The molecular weight excluding hydrogens is 252 g/mol. The molecule has 106 valence electrons. The van der Waals surface area contributed by atoms with Crippen molar-refractivity contribution in [1.82, 2.24) is 0 Å². The van der Waals surface area contributed by atoms with Crippen LogP contribution in [0, 0.1) is 18.6 Å². The standard InChI is InChI=1S/C14H19F2NO2/c1-3-19-14(18)6-4-5-13(17)10-8-11(15)9(2)7-12(10)16/h7-8,13H,3-6,17H2,1-2H3. The summed E-state index contributed by atoms with van der Waals surface area (Å²) in [6.07, 6.45) is 1.12. The summed E-state index contributed by atoms with van der Waals surface area (Å²) >= 11 is 0. The normalized spacial score (nSPS) is 12.3. The lowest BCUT2D eigenvalue weighted by atomic mass is 10.00. The molecule has 0 aliphatic heterocycles. The second-order valence-corrected chi connectivity index (χ2v) is 4.43. The minimum atomic E-state index is -0.621. The molecule has 19 heavy (non-hydrogen) atoms. The lowest BCUT2D eigenvalue weighted by Crippen LogP contribution is -2.14. The third kappa shape index (κ3) is 4.59. The minimum absolute atomic E-state index is 0.145. The van der Waals surface area contributed by atoms with Gasteiger partial charge in [0, 0.05) is 18.0 Å². The lowest BCUT2D eigenvalue weighted by Gasteiger charge is -2.13. The molecule has 0 heterocycles. The fourth-order valence-corrected chi connectivity index (χ4v) is 1.80. The molecule has 0 saturated carbocycles. The molecule has 1 aromatic rings. The maximum absolute atomic E-state index is 13.6. The van der Waals surface area contributed by atoms with E-state index < -0.39 is 17.7 Å². The van der Waals surface area contributed by atoms with Gasteiger partial charge in [-0.1, -0.05) is 0 Å². The maximum atomic E-state index is 13.6. The number of halogens is 2. The van der Waals surface area contributed by atoms with Crippen LogP contribution in [0.1, 0.15) is 43.4 Å². The van der Waals surface area contributed by atoms with Crippen molar-refractivity contribution in [3.8, 4) is 0 Å². The molecule has 0 spiro atoms. The highest BCUT2D eigenvalue weighted by atomic mass is 19.1. The molecule has 0 fully saturated rings. The average Bonchev–Trinajstić information content (AvgIpc) is 2.34. The Morgan fingerprint density at radius 1 is 1.37 bits per heavy atom. The van der Waals surface area contributed by atoms with Crippen molar-refractivity contribution in [3.05, 3.63) is 34.9 Å². The van der Waals surface area contributed by atoms with Gasteiger partial charge in [0.25, 0.3) is 0 Å². The van der Waals surface area contributed by atoms with Crippen LogP contribution in [0.15, 0.2) is 12.1 Å². The molecule has 0 aliphatic rings. The molecule has 1 rings (SSSR count). The zero-order valence-electron chi connectivity index (χ0n) is 11.2. The first-order valence-corrected chi connectivity index (χ1v) is 6.32. The third-order valence-electron chi connectivity index (χ3n) is 2.88. The summed E-state index contributed by atoms with van der Waals surface area (Å²) < 4.78 is 31.8. The van der Waals surface area contributed by atoms with Crippen molar-refractivity contribution in [2.24, 2.45) is 5.73 Å². The van der Waals surface area contributed by atoms with E-state index in [0.717, 1.165) is 12.1 Å². The number of hydrogen-bond acceptors (Lipinski definition) is 3. The molecule has 5 heteroatoms. The summed E-state index contributed by atoms with van der Waals surface area (Å²) in [4.78, 5) is 11.1. The Balaban J connectivity index is 2.56. The van der Waals surface area contributed by atoms with Gasteiger partial charge in [0.15, 0.2) is 0 Å². The topological polar surface area (TPSA) is 52.3 Å². The van der Waals surface area contributed by atoms with Crippen molar-refractivity contribution in [2.45, 2.75) is 39.2 Å². The second-order valence-electron chi connectivity index (χ2n) is 4.43. The summed E-state index contributed by atoms with van der Waals surface area (Å²) in [5.74, 6) is -1.29. The van der Waals surface area contributed by atoms with Crippen molar-refractivity contribution in [3.63, 3.8) is 0 Å². The predicted octanol–water partition coefficient (Wildman–Crippen LogP) is 3.01. The van der Waals surface area contributed by atoms with Crippen molar-refractivity contribution >= 4 is 5.97 Å². The number of esters is 1. The number of ether oxygens (including phenoxy) is 1. The van der Waals surface area contributed by atoms with Crippen molar-refractivity contribution < 1.29 is 18.3 Å². The molecule has 1 atom stereocenters. The molecule has 0 aromatic heterocycles. The number of aryl methyl sites for hydroxylation is 1. The summed E-state index contributed by atoms with van der Waals surface area (Å²) in [5, 5.41) is 0. The van der Waals surface area contributed by atoms with Gasteiger partial charge in [0.1, 0.15) is 11.6 Å². The number of nitrogens with two attached hydrogens (primary N) is 1. The minimum Gasteiger partial charge on any atom is -0.466 e. The van der Waals surface area contributed by atoms with Gasteiger partial charge < -0.3 is 10.5 Å². The molecular formula is C14H19F2NO2. The van der Waals surface area contributed by atoms with Crippen LogP contribution in [0.25, 0.3) is 0 Å². The van der Waals surface area contributed by atoms with E-state index in [-0.39, 0.29) is 23.5 Å². The molecule has 0 amide bonds. The van der Waals surface area contributed by atoms with Gasteiger partial charge in [0.05, 0.1) is 6.61 Å². The van der Waals surface area contributed by atoms with Gasteiger partial charge in [0.2, 0.25) is 0 Å². The zero-order valence-corrected chi connectivity index (χ0v) is 11.2. The van der Waals surface area contributed by atoms with E-state index in [2.05, 4.69) is 0 Å². The first-order valence-electron chi connectivity index (χ1n) is 6.32. The SMILES string of the molecule is CCOC(=O)CCCC(N)c1cc(F)c(C)cc1F. The number of benzene rings is 1. The van der Waals surface area contributed by atoms with Crippen LogP contribution in [0.5, 0.6) is 0 Å². The first kappa shape index (κ1) is 15.6. The number of carbonyl (C=O) groups is 1. The van der Waals surface area contributed by atoms with Gasteiger partial charge in [-0.15, -0.1) is 0 Å². The van der Waals surface area contributed by atoms with Crippen LogP contribution in [-0.2, 0) is 9.53 Å². The predicted molar refractivity (Wildman–Crippen MR) is 68.5 cm³/mol. The number of hydrogen-bond donors (Lipinski definition) is 1. The fourth-order valence-electron chi connectivity index (χ4n) is 1.80. The lowest BCUT2D eigenvalue weighted by molar-refractivity contribution is -0.143. The number of rotatable bonds is 6. The quantitative estimate of drug-likeness (QED) is 0.809. The zero-order chi connectivity index (χ0) is 14.4. The number of carbonyl (C=O) groups excluding carboxylic acids is 1. The Labute approximate surface area is 111 Å². The molecule has 0 bridgehead atoms. The van der Waals surface area contributed by atoms with Crippen LogP contribution < -0.4 is 5.73 Å². The molecule has 0 saturated heterocycles. The van der Waals surface area contributed by atoms with Gasteiger partial charge in [-0.25, -0.2) is 8.78 Å². The summed E-state index contributed by atoms with van der Waals surface area (Å²) in [6.45, 7) is 3.56. The highest BCUT2D eigenvalue weighted by Crippen LogP contribution is 2.23. The van der Waals surface area contributed by atoms with E-state index in [1.807, 2.05) is 0 Å². The molecule has 0 aliphatic carbocycles. The highest BCUT2D eigenvalue weighted by molar-refractivity contribution is 5.69. The average molecular weight is 271 g/mol. The van der Waals surface area contributed by atoms with Crippen LogP contribution >= 0.6 is 0 Å². The molecule has 3 nitrogen and oxygen atoms in total. The molecule has 0 radical (unpaired) electrons. The fraction of sp³-hybridized carbons (Fsp3) is 0.500. The Morgan fingerprint density at radius 3 is 2.68 bits per heavy atom. The Morgan fingerprint density at radius 2 is 2.05 bits per heavy atom. The Hall–Kier alpha value is -1.49. The van der Waals surface area contributed by atoms with E-state index in [1.165, 1.54) is 6.92 Å². The van der Waals surface area contributed by atoms with Crippen LogP contribution in [0.4, 0.5) is 8.78 Å². The third-order valence-corrected chi connectivity index (χ3v) is 2.88. The van der Waals surface area contributed by atoms with E-state index in [1.54, 1.807) is 6.92 Å². The van der Waals surface area contributed by atoms with Gasteiger partial charge in [-0.05, 0) is 44.4 Å². The van der Waals surface area contributed by atoms with E-state index >= 15 is 0 Å². The summed E-state index contributed by atoms with van der Waals surface area (Å²) in [7, 11) is 0. The largest absolute Gasteiger partial charge is 0.466 e. The Kier molecular flexibility index (Phi) is 5.89. The van der Waals surface area contributed by atoms with Crippen molar-refractivity contribution in [1.29, 1.82) is 0 Å². The van der Waals surface area contributed by atoms with Gasteiger partial charge >= 0.3 is 5.97 Å². The maximum Gasteiger partial charge on any atom is 0.305 e. The van der Waals surface area contributed by atoms with Gasteiger partial charge in [-0.3, -0.25) is 4.79 Å². The molecule has 1 aromatic carbocycles. The monoisotopic (exact) mass is 271 g/mol. The second kappa shape index (κ2) is 7.19. The molecule has 2 N–H and O–H groups in total. The smallest absolute Gasteiger partial charge is 0.305 e. The Bertz CT molecular complexity index is 449. The van der Waals surface area contributed by atoms with Crippen LogP contribution in [-0.4, -0.2) is 12.6 Å². The van der Waals surface area contributed by atoms with E-state index in [0.29, 0.717) is 19.4 Å². The van der Waals surface area contributed by atoms with Crippen molar-refractivity contribution in [2.75, 3.05) is 6.61 Å². The summed E-state index contributed by atoms with van der Waals surface area (Å²) in [6, 6.07) is 1.64. The first-order chi connectivity index (χ1) is 8.95. The van der Waals surface area contributed by atoms with Crippen LogP contribution in [0.2, 0.25) is 0 Å². The van der Waals surface area contributed by atoms with E-state index in [9.17, 15) is 13.6 Å².